The smallest absolute Gasteiger partial charge is 0.323 e. The summed E-state index contributed by atoms with van der Waals surface area (Å²) in [4.78, 5) is 10.9. The van der Waals surface area contributed by atoms with Gasteiger partial charge in [-0.15, -0.1) is 0 Å². The van der Waals surface area contributed by atoms with E-state index in [9.17, 15) is 4.79 Å². The molecule has 0 spiro atoms. The van der Waals surface area contributed by atoms with Gasteiger partial charge in [-0.2, -0.15) is 0 Å². The SMILES string of the molecule is CC(C)(NCc1c(Cl)cccc1Cl)C(=O)O. The Morgan fingerprint density at radius 1 is 1.38 bits per heavy atom. The van der Waals surface area contributed by atoms with Gasteiger partial charge >= 0.3 is 5.97 Å². The third kappa shape index (κ3) is 3.11. The predicted molar refractivity (Wildman–Crippen MR) is 65.0 cm³/mol. The van der Waals surface area contributed by atoms with Crippen molar-refractivity contribution in [2.75, 3.05) is 0 Å². The number of benzene rings is 1. The van der Waals surface area contributed by atoms with Gasteiger partial charge in [0.2, 0.25) is 0 Å². The molecule has 0 amide bonds. The molecular weight excluding hydrogens is 249 g/mol. The van der Waals surface area contributed by atoms with Crippen molar-refractivity contribution in [2.24, 2.45) is 0 Å². The lowest BCUT2D eigenvalue weighted by atomic mass is 10.1. The van der Waals surface area contributed by atoms with Crippen LogP contribution in [0.4, 0.5) is 0 Å². The first-order valence-electron chi connectivity index (χ1n) is 4.76. The van der Waals surface area contributed by atoms with Crippen LogP contribution >= 0.6 is 23.2 Å². The highest BCUT2D eigenvalue weighted by atomic mass is 35.5. The summed E-state index contributed by atoms with van der Waals surface area (Å²) in [7, 11) is 0. The standard InChI is InChI=1S/C11H13Cl2NO2/c1-11(2,10(15)16)14-6-7-8(12)4-3-5-9(7)13/h3-5,14H,6H2,1-2H3,(H,15,16). The number of aliphatic carboxylic acids is 1. The molecule has 0 fully saturated rings. The topological polar surface area (TPSA) is 49.3 Å². The van der Waals surface area contributed by atoms with E-state index < -0.39 is 11.5 Å². The normalized spacial score (nSPS) is 11.5. The van der Waals surface area contributed by atoms with E-state index in [0.29, 0.717) is 22.2 Å². The Hall–Kier alpha value is -0.770. The van der Waals surface area contributed by atoms with Crippen LogP contribution in [0.2, 0.25) is 10.0 Å². The number of rotatable bonds is 4. The average molecular weight is 262 g/mol. The highest BCUT2D eigenvalue weighted by Crippen LogP contribution is 2.24. The van der Waals surface area contributed by atoms with Crippen LogP contribution in [-0.2, 0) is 11.3 Å². The molecule has 0 aliphatic rings. The zero-order chi connectivity index (χ0) is 12.3. The number of halogens is 2. The second kappa shape index (κ2) is 5.04. The highest BCUT2D eigenvalue weighted by Gasteiger charge is 2.26. The average Bonchev–Trinajstić information content (AvgIpc) is 2.16. The van der Waals surface area contributed by atoms with Gasteiger partial charge in [0.1, 0.15) is 5.54 Å². The van der Waals surface area contributed by atoms with E-state index in [-0.39, 0.29) is 0 Å². The summed E-state index contributed by atoms with van der Waals surface area (Å²) in [5, 5.41) is 12.9. The fraction of sp³-hybridized carbons (Fsp3) is 0.364. The Morgan fingerprint density at radius 3 is 2.31 bits per heavy atom. The van der Waals surface area contributed by atoms with E-state index in [1.54, 1.807) is 32.0 Å². The first-order chi connectivity index (χ1) is 7.34. The minimum atomic E-state index is -1.01. The molecule has 0 heterocycles. The summed E-state index contributed by atoms with van der Waals surface area (Å²) in [5.74, 6) is -0.921. The monoisotopic (exact) mass is 261 g/mol. The lowest BCUT2D eigenvalue weighted by Crippen LogP contribution is -2.46. The van der Waals surface area contributed by atoms with Crippen LogP contribution in [0.5, 0.6) is 0 Å². The van der Waals surface area contributed by atoms with Crippen molar-refractivity contribution < 1.29 is 9.90 Å². The second-order valence-corrected chi connectivity index (χ2v) is 4.80. The molecule has 1 aromatic carbocycles. The first-order valence-corrected chi connectivity index (χ1v) is 5.51. The van der Waals surface area contributed by atoms with E-state index >= 15 is 0 Å². The van der Waals surface area contributed by atoms with Crippen LogP contribution in [-0.4, -0.2) is 16.6 Å². The molecule has 88 valence electrons. The van der Waals surface area contributed by atoms with Gasteiger partial charge in [0.15, 0.2) is 0 Å². The lowest BCUT2D eigenvalue weighted by Gasteiger charge is -2.21. The van der Waals surface area contributed by atoms with Crippen molar-refractivity contribution >= 4 is 29.2 Å². The number of nitrogens with one attached hydrogen (secondary N) is 1. The zero-order valence-electron chi connectivity index (χ0n) is 9.05. The Labute approximate surface area is 104 Å². The summed E-state index contributed by atoms with van der Waals surface area (Å²) >= 11 is 11.9. The largest absolute Gasteiger partial charge is 0.480 e. The number of carboxylic acid groups (broad SMARTS) is 1. The van der Waals surface area contributed by atoms with Crippen molar-refractivity contribution in [3.63, 3.8) is 0 Å². The van der Waals surface area contributed by atoms with Gasteiger partial charge in [0.05, 0.1) is 0 Å². The molecule has 0 radical (unpaired) electrons. The van der Waals surface area contributed by atoms with Gasteiger partial charge in [0, 0.05) is 22.2 Å². The van der Waals surface area contributed by atoms with Gasteiger partial charge in [-0.25, -0.2) is 0 Å². The summed E-state index contributed by atoms with van der Waals surface area (Å²) in [6, 6.07) is 5.19. The van der Waals surface area contributed by atoms with Crippen molar-refractivity contribution in [2.45, 2.75) is 25.9 Å². The molecule has 1 aromatic rings. The number of carboxylic acids is 1. The van der Waals surface area contributed by atoms with Gasteiger partial charge in [-0.3, -0.25) is 10.1 Å². The minimum absolute atomic E-state index is 0.317. The minimum Gasteiger partial charge on any atom is -0.480 e. The quantitative estimate of drug-likeness (QED) is 0.877. The number of hydrogen-bond acceptors (Lipinski definition) is 2. The molecule has 0 aromatic heterocycles. The molecule has 0 aliphatic heterocycles. The lowest BCUT2D eigenvalue weighted by molar-refractivity contribution is -0.143. The molecule has 0 aliphatic carbocycles. The van der Waals surface area contributed by atoms with Crippen molar-refractivity contribution in [1.29, 1.82) is 0 Å². The number of hydrogen-bond donors (Lipinski definition) is 2. The maximum Gasteiger partial charge on any atom is 0.323 e. The van der Waals surface area contributed by atoms with Crippen LogP contribution in [0.3, 0.4) is 0 Å². The van der Waals surface area contributed by atoms with E-state index in [2.05, 4.69) is 5.32 Å². The van der Waals surface area contributed by atoms with Gasteiger partial charge < -0.3 is 5.11 Å². The van der Waals surface area contributed by atoms with Crippen LogP contribution in [0.15, 0.2) is 18.2 Å². The Balaban J connectivity index is 2.79. The summed E-state index contributed by atoms with van der Waals surface area (Å²) < 4.78 is 0. The van der Waals surface area contributed by atoms with Crippen molar-refractivity contribution in [1.82, 2.24) is 5.32 Å². The maximum absolute atomic E-state index is 10.9. The van der Waals surface area contributed by atoms with Gasteiger partial charge in [0.25, 0.3) is 0 Å². The molecule has 2 N–H and O–H groups in total. The molecule has 0 atom stereocenters. The molecule has 3 nitrogen and oxygen atoms in total. The fourth-order valence-corrected chi connectivity index (χ4v) is 1.62. The highest BCUT2D eigenvalue weighted by molar-refractivity contribution is 6.35. The molecule has 0 saturated heterocycles. The fourth-order valence-electron chi connectivity index (χ4n) is 1.09. The molecule has 0 bridgehead atoms. The molecule has 0 unspecified atom stereocenters. The third-order valence-electron chi connectivity index (χ3n) is 2.30. The van der Waals surface area contributed by atoms with Crippen LogP contribution in [0, 0.1) is 0 Å². The van der Waals surface area contributed by atoms with Gasteiger partial charge in [-0.1, -0.05) is 29.3 Å². The predicted octanol–water partition coefficient (Wildman–Crippen LogP) is 2.95. The van der Waals surface area contributed by atoms with E-state index in [4.69, 9.17) is 28.3 Å². The molecule has 1 rings (SSSR count). The van der Waals surface area contributed by atoms with Crippen molar-refractivity contribution in [3.8, 4) is 0 Å². The molecular formula is C11H13Cl2NO2. The van der Waals surface area contributed by atoms with Crippen LogP contribution in [0.1, 0.15) is 19.4 Å². The first kappa shape index (κ1) is 13.3. The Morgan fingerprint density at radius 2 is 1.88 bits per heavy atom. The third-order valence-corrected chi connectivity index (χ3v) is 3.01. The maximum atomic E-state index is 10.9. The van der Waals surface area contributed by atoms with Gasteiger partial charge in [-0.05, 0) is 26.0 Å². The second-order valence-electron chi connectivity index (χ2n) is 3.98. The van der Waals surface area contributed by atoms with Crippen molar-refractivity contribution in [3.05, 3.63) is 33.8 Å². The molecule has 5 heteroatoms. The van der Waals surface area contributed by atoms with Crippen LogP contribution in [0.25, 0.3) is 0 Å². The Bertz CT molecular complexity index is 385. The summed E-state index contributed by atoms with van der Waals surface area (Å²) in [6.45, 7) is 3.48. The molecule has 16 heavy (non-hydrogen) atoms. The summed E-state index contributed by atoms with van der Waals surface area (Å²) in [6.07, 6.45) is 0. The zero-order valence-corrected chi connectivity index (χ0v) is 10.6. The van der Waals surface area contributed by atoms with Crippen LogP contribution < -0.4 is 5.32 Å². The molecule has 0 saturated carbocycles. The van der Waals surface area contributed by atoms with E-state index in [0.717, 1.165) is 0 Å². The van der Waals surface area contributed by atoms with E-state index in [1.165, 1.54) is 0 Å². The Kier molecular flexibility index (Phi) is 4.19. The number of carbonyl (C=O) groups is 1. The van der Waals surface area contributed by atoms with E-state index in [1.807, 2.05) is 0 Å². The summed E-state index contributed by atoms with van der Waals surface area (Å²) in [5.41, 5.74) is -0.303.